The monoisotopic (exact) mass is 467 g/mol. The van der Waals surface area contributed by atoms with Crippen LogP contribution in [-0.2, 0) is 25.8 Å². The Morgan fingerprint density at radius 3 is 2.52 bits per heavy atom. The van der Waals surface area contributed by atoms with Gasteiger partial charge in [0.05, 0.1) is 12.1 Å². The third kappa shape index (κ3) is 6.85. The van der Waals surface area contributed by atoms with Crippen LogP contribution in [0, 0.1) is 11.6 Å². The Bertz CT molecular complexity index is 1110. The number of halogens is 5. The molecule has 1 aromatic heterocycles. The van der Waals surface area contributed by atoms with Gasteiger partial charge >= 0.3 is 6.18 Å². The Kier molecular flexibility index (Phi) is 7.47. The van der Waals surface area contributed by atoms with Crippen molar-refractivity contribution in [2.45, 2.75) is 45.7 Å². The number of alkyl halides is 3. The number of nitrogens with zero attached hydrogens (tertiary/aromatic N) is 2. The molecule has 0 saturated carbocycles. The smallest absolute Gasteiger partial charge is 0.416 e. The highest BCUT2D eigenvalue weighted by molar-refractivity contribution is 5.92. The molecule has 5 nitrogen and oxygen atoms in total. The number of nitrogens with one attached hydrogen (secondary N) is 1. The van der Waals surface area contributed by atoms with Crippen LogP contribution in [0.15, 0.2) is 53.1 Å². The van der Waals surface area contributed by atoms with Gasteiger partial charge in [-0.05, 0) is 31.5 Å². The van der Waals surface area contributed by atoms with Crippen LogP contribution in [0.1, 0.15) is 46.9 Å². The first-order valence-corrected chi connectivity index (χ1v) is 10.1. The van der Waals surface area contributed by atoms with Crippen molar-refractivity contribution in [1.29, 1.82) is 0 Å². The molecule has 0 aliphatic rings. The van der Waals surface area contributed by atoms with Gasteiger partial charge in [-0.1, -0.05) is 24.3 Å². The van der Waals surface area contributed by atoms with Crippen LogP contribution in [-0.4, -0.2) is 21.8 Å². The third-order valence-electron chi connectivity index (χ3n) is 4.63. The van der Waals surface area contributed by atoms with Crippen molar-refractivity contribution in [2.75, 3.05) is 0 Å². The highest BCUT2D eigenvalue weighted by Crippen LogP contribution is 2.30. The first-order chi connectivity index (χ1) is 15.5. The molecule has 0 atom stereocenters. The summed E-state index contributed by atoms with van der Waals surface area (Å²) in [5.41, 5.74) is -0.285. The molecule has 0 spiro atoms. The normalized spacial score (nSPS) is 11.9. The molecule has 1 amide bonds. The van der Waals surface area contributed by atoms with Crippen LogP contribution >= 0.6 is 0 Å². The SMILES string of the molecule is CC(C)NC(=O)c1coc(CN(Cc2cccc(C(F)(F)F)c2)Cc2ccc(F)cc2F)n1. The molecule has 2 aromatic carbocycles. The summed E-state index contributed by atoms with van der Waals surface area (Å²) in [6.45, 7) is 3.48. The van der Waals surface area contributed by atoms with E-state index in [1.807, 2.05) is 0 Å². The predicted octanol–water partition coefficient (Wildman–Crippen LogP) is 5.31. The van der Waals surface area contributed by atoms with E-state index in [9.17, 15) is 26.7 Å². The van der Waals surface area contributed by atoms with E-state index in [0.29, 0.717) is 5.56 Å². The number of hydrogen-bond acceptors (Lipinski definition) is 4. The van der Waals surface area contributed by atoms with Gasteiger partial charge in [0, 0.05) is 30.8 Å². The van der Waals surface area contributed by atoms with E-state index in [0.717, 1.165) is 24.3 Å². The van der Waals surface area contributed by atoms with Gasteiger partial charge in [-0.15, -0.1) is 0 Å². The maximum atomic E-state index is 14.2. The summed E-state index contributed by atoms with van der Waals surface area (Å²) in [7, 11) is 0. The topological polar surface area (TPSA) is 58.4 Å². The number of hydrogen-bond donors (Lipinski definition) is 1. The van der Waals surface area contributed by atoms with Crippen LogP contribution in [0.25, 0.3) is 0 Å². The molecule has 0 bridgehead atoms. The second-order valence-corrected chi connectivity index (χ2v) is 7.83. The molecular formula is C23H22F5N3O2. The molecule has 176 valence electrons. The van der Waals surface area contributed by atoms with Crippen molar-refractivity contribution in [3.05, 3.63) is 88.6 Å². The summed E-state index contributed by atoms with van der Waals surface area (Å²) in [6.07, 6.45) is -3.33. The fourth-order valence-electron chi connectivity index (χ4n) is 3.18. The predicted molar refractivity (Wildman–Crippen MR) is 110 cm³/mol. The van der Waals surface area contributed by atoms with Crippen LogP contribution in [0.4, 0.5) is 22.0 Å². The molecule has 1 N–H and O–H groups in total. The largest absolute Gasteiger partial charge is 0.447 e. The zero-order valence-electron chi connectivity index (χ0n) is 17.9. The molecule has 0 radical (unpaired) electrons. The first-order valence-electron chi connectivity index (χ1n) is 10.1. The minimum atomic E-state index is -4.51. The minimum Gasteiger partial charge on any atom is -0.447 e. The average molecular weight is 467 g/mol. The number of carbonyl (C=O) groups excluding carboxylic acids is 1. The highest BCUT2D eigenvalue weighted by atomic mass is 19.4. The zero-order valence-corrected chi connectivity index (χ0v) is 17.9. The molecule has 33 heavy (non-hydrogen) atoms. The highest BCUT2D eigenvalue weighted by Gasteiger charge is 2.30. The van der Waals surface area contributed by atoms with Gasteiger partial charge in [0.25, 0.3) is 5.91 Å². The summed E-state index contributed by atoms with van der Waals surface area (Å²) in [5, 5.41) is 2.67. The van der Waals surface area contributed by atoms with Gasteiger partial charge in [-0.25, -0.2) is 13.8 Å². The molecule has 0 unspecified atom stereocenters. The Morgan fingerprint density at radius 1 is 1.09 bits per heavy atom. The first kappa shape index (κ1) is 24.4. The summed E-state index contributed by atoms with van der Waals surface area (Å²) in [4.78, 5) is 17.8. The van der Waals surface area contributed by atoms with Gasteiger partial charge < -0.3 is 9.73 Å². The average Bonchev–Trinajstić information content (AvgIpc) is 3.18. The molecular weight excluding hydrogens is 445 g/mol. The van der Waals surface area contributed by atoms with Gasteiger partial charge in [-0.2, -0.15) is 13.2 Å². The lowest BCUT2D eigenvalue weighted by molar-refractivity contribution is -0.137. The van der Waals surface area contributed by atoms with Gasteiger partial charge in [-0.3, -0.25) is 9.69 Å². The second kappa shape index (κ2) is 10.1. The Hall–Kier alpha value is -3.27. The van der Waals surface area contributed by atoms with E-state index in [1.165, 1.54) is 24.5 Å². The third-order valence-corrected chi connectivity index (χ3v) is 4.63. The fraction of sp³-hybridized carbons (Fsp3) is 0.304. The van der Waals surface area contributed by atoms with E-state index < -0.39 is 29.3 Å². The van der Waals surface area contributed by atoms with Crippen LogP contribution in [0.5, 0.6) is 0 Å². The Morgan fingerprint density at radius 2 is 1.85 bits per heavy atom. The summed E-state index contributed by atoms with van der Waals surface area (Å²) >= 11 is 0. The van der Waals surface area contributed by atoms with Gasteiger partial charge in [0.15, 0.2) is 5.69 Å². The van der Waals surface area contributed by atoms with Crippen molar-refractivity contribution >= 4 is 5.91 Å². The molecule has 3 rings (SSSR count). The second-order valence-electron chi connectivity index (χ2n) is 7.83. The summed E-state index contributed by atoms with van der Waals surface area (Å²) < 4.78 is 72.2. The van der Waals surface area contributed by atoms with Crippen molar-refractivity contribution in [1.82, 2.24) is 15.2 Å². The molecule has 1 heterocycles. The number of aromatic nitrogens is 1. The van der Waals surface area contributed by atoms with E-state index >= 15 is 0 Å². The summed E-state index contributed by atoms with van der Waals surface area (Å²) in [6, 6.07) is 7.75. The molecule has 0 aliphatic heterocycles. The molecule has 10 heteroatoms. The van der Waals surface area contributed by atoms with E-state index in [2.05, 4.69) is 10.3 Å². The maximum absolute atomic E-state index is 14.2. The van der Waals surface area contributed by atoms with Crippen molar-refractivity contribution in [3.8, 4) is 0 Å². The molecule has 3 aromatic rings. The van der Waals surface area contributed by atoms with Crippen molar-refractivity contribution in [2.24, 2.45) is 0 Å². The quantitative estimate of drug-likeness (QED) is 0.456. The van der Waals surface area contributed by atoms with E-state index in [1.54, 1.807) is 18.7 Å². The number of oxazole rings is 1. The van der Waals surface area contributed by atoms with Crippen LogP contribution in [0.3, 0.4) is 0 Å². The summed E-state index contributed by atoms with van der Waals surface area (Å²) in [5.74, 6) is -1.84. The fourth-order valence-corrected chi connectivity index (χ4v) is 3.18. The van der Waals surface area contributed by atoms with Gasteiger partial charge in [0.1, 0.15) is 17.9 Å². The van der Waals surface area contributed by atoms with Gasteiger partial charge in [0.2, 0.25) is 5.89 Å². The molecule has 0 fully saturated rings. The van der Waals surface area contributed by atoms with E-state index in [-0.39, 0.29) is 42.8 Å². The minimum absolute atomic E-state index is 0.00333. The Labute approximate surface area is 187 Å². The number of carbonyl (C=O) groups is 1. The molecule has 0 saturated heterocycles. The lowest BCUT2D eigenvalue weighted by atomic mass is 10.1. The van der Waals surface area contributed by atoms with Crippen molar-refractivity contribution < 1.29 is 31.2 Å². The van der Waals surface area contributed by atoms with Crippen molar-refractivity contribution in [3.63, 3.8) is 0 Å². The number of rotatable bonds is 8. The maximum Gasteiger partial charge on any atom is 0.416 e. The standard InChI is InChI=1S/C23H22F5N3O2/c1-14(2)29-22(32)20-13-33-21(30-20)12-31(11-16-6-7-18(24)9-19(16)25)10-15-4-3-5-17(8-15)23(26,27)28/h3-9,13-14H,10-12H2,1-2H3,(H,29,32). The lowest BCUT2D eigenvalue weighted by Crippen LogP contribution is -2.30. The van der Waals surface area contributed by atoms with E-state index in [4.69, 9.17) is 4.42 Å². The Balaban J connectivity index is 1.84. The number of amides is 1. The number of benzene rings is 2. The van der Waals surface area contributed by atoms with Crippen LogP contribution in [0.2, 0.25) is 0 Å². The van der Waals surface area contributed by atoms with Crippen LogP contribution < -0.4 is 5.32 Å². The lowest BCUT2D eigenvalue weighted by Gasteiger charge is -2.22. The zero-order chi connectivity index (χ0) is 24.2. The molecule has 0 aliphatic carbocycles.